The lowest BCUT2D eigenvalue weighted by atomic mass is 10.3. The van der Waals surface area contributed by atoms with Crippen LogP contribution in [0.15, 0.2) is 40.2 Å². The first-order valence-corrected chi connectivity index (χ1v) is 9.52. The second-order valence-electron chi connectivity index (χ2n) is 6.93. The molecule has 0 radical (unpaired) electrons. The van der Waals surface area contributed by atoms with Gasteiger partial charge in [0.05, 0.1) is 22.9 Å². The summed E-state index contributed by atoms with van der Waals surface area (Å²) in [5, 5.41) is 18.1. The molecule has 5 rings (SSSR count). The van der Waals surface area contributed by atoms with E-state index in [0.717, 1.165) is 12.8 Å². The monoisotopic (exact) mass is 427 g/mol. The summed E-state index contributed by atoms with van der Waals surface area (Å²) in [7, 11) is 0. The molecular formula is C19H15ClFN7O2. The van der Waals surface area contributed by atoms with Gasteiger partial charge in [0, 0.05) is 11.3 Å². The van der Waals surface area contributed by atoms with Crippen LogP contribution in [0.25, 0.3) is 11.7 Å². The number of hydrogen-bond donors (Lipinski definition) is 4. The number of imidazole rings is 1. The highest BCUT2D eigenvalue weighted by molar-refractivity contribution is 6.33. The van der Waals surface area contributed by atoms with Gasteiger partial charge < -0.3 is 15.4 Å². The Morgan fingerprint density at radius 1 is 1.33 bits per heavy atom. The Balaban J connectivity index is 1.69. The van der Waals surface area contributed by atoms with E-state index in [9.17, 15) is 14.3 Å². The number of aromatic hydroxyl groups is 1. The fourth-order valence-electron chi connectivity index (χ4n) is 2.99. The molecule has 1 aliphatic carbocycles. The molecule has 30 heavy (non-hydrogen) atoms. The fraction of sp³-hybridized carbons (Fsp3) is 0.158. The summed E-state index contributed by atoms with van der Waals surface area (Å²) in [5.74, 6) is -0.324. The van der Waals surface area contributed by atoms with Gasteiger partial charge in [-0.15, -0.1) is 0 Å². The minimum atomic E-state index is -0.532. The van der Waals surface area contributed by atoms with Crippen molar-refractivity contribution in [2.24, 2.45) is 4.99 Å². The van der Waals surface area contributed by atoms with Crippen molar-refractivity contribution in [3.8, 4) is 5.88 Å². The highest BCUT2D eigenvalue weighted by atomic mass is 35.5. The van der Waals surface area contributed by atoms with Gasteiger partial charge in [0.15, 0.2) is 11.1 Å². The predicted molar refractivity (Wildman–Crippen MR) is 108 cm³/mol. The molecular weight excluding hydrogens is 413 g/mol. The maximum atomic E-state index is 13.6. The van der Waals surface area contributed by atoms with Gasteiger partial charge in [-0.05, 0) is 37.1 Å². The Hall–Kier alpha value is -3.66. The third-order valence-corrected chi connectivity index (χ3v) is 4.90. The van der Waals surface area contributed by atoms with Crippen molar-refractivity contribution in [3.05, 3.63) is 68.2 Å². The van der Waals surface area contributed by atoms with Gasteiger partial charge in [0.2, 0.25) is 5.88 Å². The highest BCUT2D eigenvalue weighted by Gasteiger charge is 2.20. The molecule has 0 amide bonds. The Morgan fingerprint density at radius 2 is 2.17 bits per heavy atom. The molecule has 0 aliphatic heterocycles. The van der Waals surface area contributed by atoms with E-state index < -0.39 is 11.5 Å². The lowest BCUT2D eigenvalue weighted by molar-refractivity contribution is 0.454. The van der Waals surface area contributed by atoms with Gasteiger partial charge in [-0.1, -0.05) is 11.6 Å². The number of benzene rings is 1. The van der Waals surface area contributed by atoms with Gasteiger partial charge in [-0.2, -0.15) is 9.61 Å². The van der Waals surface area contributed by atoms with Gasteiger partial charge >= 0.3 is 5.69 Å². The molecule has 3 aromatic heterocycles. The van der Waals surface area contributed by atoms with E-state index in [1.807, 2.05) is 0 Å². The van der Waals surface area contributed by atoms with E-state index >= 15 is 0 Å². The molecule has 1 fully saturated rings. The van der Waals surface area contributed by atoms with Crippen molar-refractivity contribution >= 4 is 34.8 Å². The number of nitrogens with one attached hydrogen (secondary N) is 3. The Bertz CT molecular complexity index is 1450. The third kappa shape index (κ3) is 3.52. The van der Waals surface area contributed by atoms with Crippen LogP contribution >= 0.6 is 11.6 Å². The molecule has 1 aromatic carbocycles. The van der Waals surface area contributed by atoms with E-state index in [2.05, 4.69) is 30.4 Å². The largest absolute Gasteiger partial charge is 0.493 e. The van der Waals surface area contributed by atoms with Gasteiger partial charge in [-0.3, -0.25) is 9.98 Å². The molecule has 3 heterocycles. The van der Waals surface area contributed by atoms with Gasteiger partial charge in [-0.25, -0.2) is 14.2 Å². The Kier molecular flexibility index (Phi) is 4.28. The van der Waals surface area contributed by atoms with Crippen molar-refractivity contribution in [2.45, 2.75) is 18.9 Å². The second kappa shape index (κ2) is 6.99. The first kappa shape index (κ1) is 18.4. The Labute approximate surface area is 172 Å². The predicted octanol–water partition coefficient (Wildman–Crippen LogP) is 1.60. The number of nitrogens with zero attached hydrogens (tertiary/aromatic N) is 4. The summed E-state index contributed by atoms with van der Waals surface area (Å²) >= 11 is 6.17. The molecule has 0 saturated heterocycles. The van der Waals surface area contributed by atoms with Crippen molar-refractivity contribution in [1.29, 1.82) is 0 Å². The minimum Gasteiger partial charge on any atom is -0.493 e. The van der Waals surface area contributed by atoms with Gasteiger partial charge in [0.25, 0.3) is 0 Å². The zero-order valence-corrected chi connectivity index (χ0v) is 16.1. The summed E-state index contributed by atoms with van der Waals surface area (Å²) in [6, 6.07) is 5.93. The van der Waals surface area contributed by atoms with Crippen molar-refractivity contribution in [1.82, 2.24) is 24.6 Å². The number of H-pyrrole nitrogens is 2. The van der Waals surface area contributed by atoms with E-state index in [4.69, 9.17) is 11.6 Å². The molecule has 11 heteroatoms. The van der Waals surface area contributed by atoms with Crippen LogP contribution in [0.3, 0.4) is 0 Å². The smallest absolute Gasteiger partial charge is 0.326 e. The van der Waals surface area contributed by atoms with Crippen LogP contribution in [-0.2, 0) is 0 Å². The van der Waals surface area contributed by atoms with Crippen molar-refractivity contribution < 1.29 is 9.50 Å². The number of anilines is 2. The summed E-state index contributed by atoms with van der Waals surface area (Å²) in [4.78, 5) is 25.4. The second-order valence-corrected chi connectivity index (χ2v) is 7.34. The van der Waals surface area contributed by atoms with Crippen LogP contribution in [0.2, 0.25) is 5.02 Å². The lowest BCUT2D eigenvalue weighted by Gasteiger charge is -2.08. The molecule has 9 nitrogen and oxygen atoms in total. The van der Waals surface area contributed by atoms with Crippen LogP contribution in [0.1, 0.15) is 18.5 Å². The quantitative estimate of drug-likeness (QED) is 0.394. The SMILES string of the molecule is O=c1[nH]c(O)c(C=c2cnn3c(=NC4CC4)cc(Nc4cc(F)ccc4Cl)nc23)[nH]1. The number of aromatic nitrogens is 5. The summed E-state index contributed by atoms with van der Waals surface area (Å²) in [6.45, 7) is 0. The zero-order chi connectivity index (χ0) is 20.8. The maximum absolute atomic E-state index is 13.6. The van der Waals surface area contributed by atoms with Crippen LogP contribution in [0, 0.1) is 5.82 Å². The normalized spacial score (nSPS) is 15.3. The van der Waals surface area contributed by atoms with Crippen molar-refractivity contribution in [3.63, 3.8) is 0 Å². The number of aromatic amines is 2. The molecule has 0 spiro atoms. The summed E-state index contributed by atoms with van der Waals surface area (Å²) in [6.07, 6.45) is 5.10. The summed E-state index contributed by atoms with van der Waals surface area (Å²) in [5.41, 5.74) is 1.04. The standard InChI is InChI=1S/C19H15ClFN7O2/c20-12-4-1-10(21)6-13(12)24-15-7-16(23-11-2-3-11)28-17(26-15)9(8-22-28)5-14-18(29)27-19(30)25-14/h1,4-8,11,24,29H,2-3H2,(H2,25,27,30). The molecule has 0 unspecified atom stereocenters. The van der Waals surface area contributed by atoms with Crippen LogP contribution in [0.4, 0.5) is 15.9 Å². The maximum Gasteiger partial charge on any atom is 0.326 e. The minimum absolute atomic E-state index is 0.198. The van der Waals surface area contributed by atoms with E-state index in [-0.39, 0.29) is 17.6 Å². The van der Waals surface area contributed by atoms with E-state index in [0.29, 0.717) is 32.9 Å². The van der Waals surface area contributed by atoms with Gasteiger partial charge in [0.1, 0.15) is 17.3 Å². The first-order chi connectivity index (χ1) is 14.5. The number of halogens is 2. The third-order valence-electron chi connectivity index (χ3n) is 4.57. The average Bonchev–Trinajstić information content (AvgIpc) is 3.34. The fourth-order valence-corrected chi connectivity index (χ4v) is 3.16. The molecule has 0 atom stereocenters. The number of fused-ring (bicyclic) bond motifs is 1. The highest BCUT2D eigenvalue weighted by Crippen LogP contribution is 2.25. The number of rotatable bonds is 4. The molecule has 1 saturated carbocycles. The molecule has 4 N–H and O–H groups in total. The number of hydrogen-bond acceptors (Lipinski definition) is 6. The van der Waals surface area contributed by atoms with Crippen molar-refractivity contribution in [2.75, 3.05) is 5.32 Å². The summed E-state index contributed by atoms with van der Waals surface area (Å²) < 4.78 is 15.2. The van der Waals surface area contributed by atoms with Crippen LogP contribution in [-0.4, -0.2) is 35.7 Å². The van der Waals surface area contributed by atoms with Crippen LogP contribution < -0.4 is 21.7 Å². The lowest BCUT2D eigenvalue weighted by Crippen LogP contribution is -2.20. The first-order valence-electron chi connectivity index (χ1n) is 9.14. The topological polar surface area (TPSA) is 123 Å². The Morgan fingerprint density at radius 3 is 2.90 bits per heavy atom. The van der Waals surface area contributed by atoms with E-state index in [1.165, 1.54) is 18.2 Å². The molecule has 1 aliphatic rings. The zero-order valence-electron chi connectivity index (χ0n) is 15.4. The molecule has 0 bridgehead atoms. The molecule has 152 valence electrons. The van der Waals surface area contributed by atoms with E-state index in [1.54, 1.807) is 22.9 Å². The van der Waals surface area contributed by atoms with Crippen LogP contribution in [0.5, 0.6) is 5.88 Å². The average molecular weight is 428 g/mol. The molecule has 4 aromatic rings.